The molecule has 1 aliphatic rings. The highest BCUT2D eigenvalue weighted by Gasteiger charge is 2.32. The maximum Gasteiger partial charge on any atom is 0.326 e. The number of amides is 3. The normalized spacial score (nSPS) is 13.7. The molecule has 160 valence electrons. The third-order valence-electron chi connectivity index (χ3n) is 4.97. The number of carbonyl (C=O) groups excluding carboxylic acids is 2. The van der Waals surface area contributed by atoms with Crippen LogP contribution >= 0.6 is 11.3 Å². The smallest absolute Gasteiger partial charge is 0.326 e. The second-order valence-corrected chi connectivity index (χ2v) is 8.18. The molecule has 3 aromatic rings. The van der Waals surface area contributed by atoms with Gasteiger partial charge in [0.25, 0.3) is 5.91 Å². The Morgan fingerprint density at radius 3 is 2.29 bits per heavy atom. The summed E-state index contributed by atoms with van der Waals surface area (Å²) in [5.41, 5.74) is 2.16. The van der Waals surface area contributed by atoms with Crippen molar-refractivity contribution in [3.05, 3.63) is 81.9 Å². The van der Waals surface area contributed by atoms with Gasteiger partial charge in [-0.15, -0.1) is 0 Å². The lowest BCUT2D eigenvalue weighted by Gasteiger charge is -2.16. The predicted molar refractivity (Wildman–Crippen MR) is 114 cm³/mol. The van der Waals surface area contributed by atoms with Gasteiger partial charge in [0.1, 0.15) is 16.5 Å². The van der Waals surface area contributed by atoms with Gasteiger partial charge in [-0.2, -0.15) is 0 Å². The Morgan fingerprint density at radius 1 is 1.03 bits per heavy atom. The van der Waals surface area contributed by atoms with Gasteiger partial charge in [0.2, 0.25) is 0 Å². The van der Waals surface area contributed by atoms with Crippen LogP contribution in [0.3, 0.4) is 0 Å². The quantitative estimate of drug-likeness (QED) is 0.625. The summed E-state index contributed by atoms with van der Waals surface area (Å²) < 4.78 is 26.1. The molecule has 3 amide bonds. The van der Waals surface area contributed by atoms with E-state index in [1.54, 1.807) is 41.0 Å². The summed E-state index contributed by atoms with van der Waals surface area (Å²) in [5, 5.41) is 3.27. The molecule has 0 spiro atoms. The second kappa shape index (κ2) is 8.81. The maximum absolute atomic E-state index is 13.1. The third-order valence-corrected chi connectivity index (χ3v) is 6.15. The molecule has 0 aliphatic carbocycles. The van der Waals surface area contributed by atoms with Gasteiger partial charge in [-0.1, -0.05) is 35.6 Å². The average Bonchev–Trinajstić information content (AvgIpc) is 3.31. The number of rotatable bonds is 6. The number of hydrogen-bond donors (Lipinski definition) is 1. The van der Waals surface area contributed by atoms with Gasteiger partial charge in [0.05, 0.1) is 5.69 Å². The molecule has 4 rings (SSSR count). The highest BCUT2D eigenvalue weighted by atomic mass is 32.1. The Kier molecular flexibility index (Phi) is 5.94. The predicted octanol–water partition coefficient (Wildman–Crippen LogP) is 4.10. The van der Waals surface area contributed by atoms with Crippen LogP contribution in [-0.2, 0) is 13.1 Å². The van der Waals surface area contributed by atoms with Crippen molar-refractivity contribution in [1.29, 1.82) is 0 Å². The zero-order chi connectivity index (χ0) is 22.0. The molecule has 31 heavy (non-hydrogen) atoms. The van der Waals surface area contributed by atoms with Crippen LogP contribution in [0.1, 0.15) is 26.5 Å². The second-order valence-electron chi connectivity index (χ2n) is 7.20. The molecule has 1 aliphatic heterocycles. The minimum absolute atomic E-state index is 0.198. The first-order valence-corrected chi connectivity index (χ1v) is 10.5. The minimum atomic E-state index is -0.332. The van der Waals surface area contributed by atoms with E-state index < -0.39 is 0 Å². The zero-order valence-corrected chi connectivity index (χ0v) is 17.6. The zero-order valence-electron chi connectivity index (χ0n) is 16.8. The summed E-state index contributed by atoms with van der Waals surface area (Å²) in [6, 6.07) is 11.8. The summed E-state index contributed by atoms with van der Waals surface area (Å²) in [7, 11) is 0. The van der Waals surface area contributed by atoms with Gasteiger partial charge in [0.15, 0.2) is 5.13 Å². The lowest BCUT2D eigenvalue weighted by atomic mass is 10.2. The molecule has 0 radical (unpaired) electrons. The van der Waals surface area contributed by atoms with E-state index >= 15 is 0 Å². The van der Waals surface area contributed by atoms with Crippen LogP contribution in [0.2, 0.25) is 0 Å². The van der Waals surface area contributed by atoms with Gasteiger partial charge >= 0.3 is 6.03 Å². The number of nitrogens with zero attached hydrogens (tertiary/aromatic N) is 3. The summed E-state index contributed by atoms with van der Waals surface area (Å²) in [6.45, 7) is 3.35. The number of anilines is 1. The van der Waals surface area contributed by atoms with Crippen molar-refractivity contribution in [1.82, 2.24) is 15.2 Å². The molecule has 0 bridgehead atoms. The first-order chi connectivity index (χ1) is 14.9. The summed E-state index contributed by atoms with van der Waals surface area (Å²) in [5.74, 6) is -0.941. The van der Waals surface area contributed by atoms with Crippen LogP contribution in [-0.4, -0.2) is 34.9 Å². The van der Waals surface area contributed by atoms with Crippen molar-refractivity contribution in [2.24, 2.45) is 0 Å². The topological polar surface area (TPSA) is 65.5 Å². The molecule has 1 fully saturated rings. The molecule has 0 unspecified atom stereocenters. The van der Waals surface area contributed by atoms with E-state index in [9.17, 15) is 18.4 Å². The fraction of sp³-hybridized carbons (Fsp3) is 0.227. The molecule has 6 nitrogen and oxygen atoms in total. The van der Waals surface area contributed by atoms with Crippen LogP contribution in [0.5, 0.6) is 0 Å². The molecule has 1 aromatic heterocycles. The summed E-state index contributed by atoms with van der Waals surface area (Å²) in [4.78, 5) is 33.5. The summed E-state index contributed by atoms with van der Waals surface area (Å²) in [6.07, 6.45) is 0. The van der Waals surface area contributed by atoms with Crippen LogP contribution in [0.4, 0.5) is 18.7 Å². The Morgan fingerprint density at radius 2 is 1.65 bits per heavy atom. The standard InChI is InChI=1S/C22H20F2N4O2S/c1-14-19(20(29)25-12-15-2-6-17(23)7-3-15)31-21(26-14)28-11-10-27(22(28)30)13-16-4-8-18(24)9-5-16/h2-9H,10-13H2,1H3,(H,25,29). The van der Waals surface area contributed by atoms with Crippen molar-refractivity contribution >= 4 is 28.4 Å². The number of aryl methyl sites for hydroxylation is 1. The van der Waals surface area contributed by atoms with Crippen molar-refractivity contribution in [3.8, 4) is 0 Å². The van der Waals surface area contributed by atoms with Crippen molar-refractivity contribution in [2.45, 2.75) is 20.0 Å². The van der Waals surface area contributed by atoms with E-state index in [4.69, 9.17) is 0 Å². The number of benzene rings is 2. The van der Waals surface area contributed by atoms with Gasteiger partial charge in [-0.3, -0.25) is 9.69 Å². The Hall–Kier alpha value is -3.33. The molecule has 1 N–H and O–H groups in total. The van der Waals surface area contributed by atoms with Crippen LogP contribution in [0, 0.1) is 18.6 Å². The van der Waals surface area contributed by atoms with Gasteiger partial charge in [0, 0.05) is 26.2 Å². The lowest BCUT2D eigenvalue weighted by Crippen LogP contribution is -2.31. The molecular weight excluding hydrogens is 422 g/mol. The van der Waals surface area contributed by atoms with E-state index in [-0.39, 0.29) is 30.1 Å². The number of aromatic nitrogens is 1. The summed E-state index contributed by atoms with van der Waals surface area (Å²) >= 11 is 1.16. The number of hydrogen-bond acceptors (Lipinski definition) is 4. The highest BCUT2D eigenvalue weighted by Crippen LogP contribution is 2.29. The molecule has 0 atom stereocenters. The van der Waals surface area contributed by atoms with E-state index in [2.05, 4.69) is 10.3 Å². The largest absolute Gasteiger partial charge is 0.347 e. The molecule has 2 heterocycles. The third kappa shape index (κ3) is 4.72. The van der Waals surface area contributed by atoms with Crippen LogP contribution in [0.25, 0.3) is 0 Å². The molecule has 1 saturated heterocycles. The molecule has 9 heteroatoms. The minimum Gasteiger partial charge on any atom is -0.347 e. The first kappa shape index (κ1) is 20.9. The molecule has 2 aromatic carbocycles. The lowest BCUT2D eigenvalue weighted by molar-refractivity contribution is 0.0954. The number of halogens is 2. The van der Waals surface area contributed by atoms with Crippen LogP contribution < -0.4 is 10.2 Å². The Balaban J connectivity index is 1.40. The van der Waals surface area contributed by atoms with Crippen molar-refractivity contribution in [3.63, 3.8) is 0 Å². The van der Waals surface area contributed by atoms with E-state index in [1.165, 1.54) is 24.3 Å². The Bertz CT molecular complexity index is 1100. The molecule has 0 saturated carbocycles. The SMILES string of the molecule is Cc1nc(N2CCN(Cc3ccc(F)cc3)C2=O)sc1C(=O)NCc1ccc(F)cc1. The van der Waals surface area contributed by atoms with E-state index in [1.807, 2.05) is 0 Å². The molecular formula is C22H20F2N4O2S. The maximum atomic E-state index is 13.1. The monoisotopic (exact) mass is 442 g/mol. The first-order valence-electron chi connectivity index (χ1n) is 9.71. The van der Waals surface area contributed by atoms with Gasteiger partial charge < -0.3 is 10.2 Å². The fourth-order valence-corrected chi connectivity index (χ4v) is 4.29. The Labute approximate surface area is 182 Å². The van der Waals surface area contributed by atoms with E-state index in [0.29, 0.717) is 35.3 Å². The highest BCUT2D eigenvalue weighted by molar-refractivity contribution is 7.17. The number of nitrogens with one attached hydrogen (secondary N) is 1. The van der Waals surface area contributed by atoms with Crippen molar-refractivity contribution < 1.29 is 18.4 Å². The van der Waals surface area contributed by atoms with E-state index in [0.717, 1.165) is 22.5 Å². The number of urea groups is 1. The van der Waals surface area contributed by atoms with Crippen molar-refractivity contribution in [2.75, 3.05) is 18.0 Å². The van der Waals surface area contributed by atoms with Gasteiger partial charge in [-0.25, -0.2) is 18.6 Å². The van der Waals surface area contributed by atoms with Crippen LogP contribution in [0.15, 0.2) is 48.5 Å². The van der Waals surface area contributed by atoms with Gasteiger partial charge in [-0.05, 0) is 42.3 Å². The number of carbonyl (C=O) groups is 2. The average molecular weight is 442 g/mol. The number of thiazole rings is 1. The fourth-order valence-electron chi connectivity index (χ4n) is 3.29.